The fourth-order valence-electron chi connectivity index (χ4n) is 3.57. The summed E-state index contributed by atoms with van der Waals surface area (Å²) in [6.45, 7) is 12.4. The van der Waals surface area contributed by atoms with Gasteiger partial charge in [-0.2, -0.15) is 8.42 Å². The van der Waals surface area contributed by atoms with E-state index in [0.29, 0.717) is 5.39 Å². The van der Waals surface area contributed by atoms with Gasteiger partial charge in [0.25, 0.3) is 10.1 Å². The predicted octanol–water partition coefficient (Wildman–Crippen LogP) is 4.81. The Morgan fingerprint density at radius 2 is 1.17 bits per heavy atom. The van der Waals surface area contributed by atoms with Crippen LogP contribution in [0.25, 0.3) is 10.8 Å². The third kappa shape index (κ3) is 3.88. The maximum atomic E-state index is 12.2. The first-order valence-corrected chi connectivity index (χ1v) is 9.57. The van der Waals surface area contributed by atoms with Gasteiger partial charge in [-0.05, 0) is 39.8 Å². The Kier molecular flexibility index (Phi) is 7.11. The van der Waals surface area contributed by atoms with Crippen molar-refractivity contribution in [3.05, 3.63) is 41.0 Å². The molecule has 0 aliphatic carbocycles. The second-order valence-corrected chi connectivity index (χ2v) is 8.41. The Morgan fingerprint density at radius 1 is 0.750 bits per heavy atom. The molecule has 0 heterocycles. The molecule has 0 saturated carbocycles. The van der Waals surface area contributed by atoms with Crippen molar-refractivity contribution >= 4 is 50.4 Å². The van der Waals surface area contributed by atoms with E-state index in [4.69, 9.17) is 0 Å². The van der Waals surface area contributed by atoms with Crippen molar-refractivity contribution in [2.24, 2.45) is 0 Å². The molecule has 128 valence electrons. The molecule has 0 atom stereocenters. The van der Waals surface area contributed by atoms with E-state index in [2.05, 4.69) is 27.7 Å². The fraction of sp³-hybridized carbons (Fsp3) is 0.474. The Labute approximate surface area is 167 Å². The molecule has 0 unspecified atom stereocenters. The topological polar surface area (TPSA) is 54.4 Å². The number of benzene rings is 2. The Bertz CT molecular complexity index is 837. The monoisotopic (exact) mass is 358 g/mol. The van der Waals surface area contributed by atoms with Crippen LogP contribution in [0.5, 0.6) is 0 Å². The van der Waals surface area contributed by atoms with Crippen LogP contribution in [-0.4, -0.2) is 42.5 Å². The number of rotatable bonds is 4. The quantitative estimate of drug-likeness (QED) is 0.630. The van der Waals surface area contributed by atoms with Crippen LogP contribution in [0.3, 0.4) is 0 Å². The first-order chi connectivity index (χ1) is 10.6. The molecule has 0 spiro atoms. The summed E-state index contributed by atoms with van der Waals surface area (Å²) in [6.07, 6.45) is 0. The van der Waals surface area contributed by atoms with E-state index in [1.807, 2.05) is 32.0 Å². The van der Waals surface area contributed by atoms with Crippen molar-refractivity contribution < 1.29 is 13.0 Å². The number of hydrogen-bond donors (Lipinski definition) is 1. The van der Waals surface area contributed by atoms with E-state index >= 15 is 0 Å². The van der Waals surface area contributed by atoms with Crippen LogP contribution < -0.4 is 0 Å². The molecule has 1 N–H and O–H groups in total. The number of hydrogen-bond acceptors (Lipinski definition) is 2. The molecule has 0 amide bonds. The predicted molar refractivity (Wildman–Crippen MR) is 103 cm³/mol. The molecule has 0 aliphatic rings. The van der Waals surface area contributed by atoms with Gasteiger partial charge in [0.15, 0.2) is 0 Å². The first kappa shape index (κ1) is 21.7. The SMILES string of the molecule is CC(C)c1c(C(C)C)c(S(=O)(=O)O)c2ccccc2c1C(C)C.[NaH]. The van der Waals surface area contributed by atoms with Crippen molar-refractivity contribution in [2.75, 3.05) is 0 Å². The molecule has 0 aromatic heterocycles. The molecule has 0 bridgehead atoms. The van der Waals surface area contributed by atoms with Gasteiger partial charge >= 0.3 is 29.6 Å². The van der Waals surface area contributed by atoms with Crippen LogP contribution in [0.1, 0.15) is 76.0 Å². The summed E-state index contributed by atoms with van der Waals surface area (Å²) in [6, 6.07) is 7.48. The van der Waals surface area contributed by atoms with Crippen LogP contribution in [-0.2, 0) is 10.1 Å². The Morgan fingerprint density at radius 3 is 1.54 bits per heavy atom. The van der Waals surface area contributed by atoms with Crippen molar-refractivity contribution in [1.29, 1.82) is 0 Å². The summed E-state index contributed by atoms with van der Waals surface area (Å²) >= 11 is 0. The van der Waals surface area contributed by atoms with Crippen LogP contribution in [0.2, 0.25) is 0 Å². The third-order valence-corrected chi connectivity index (χ3v) is 5.23. The van der Waals surface area contributed by atoms with Gasteiger partial charge in [-0.15, -0.1) is 0 Å². The standard InChI is InChI=1S/C19H26O3S.Na.H/c1-11(2)16-14-9-7-8-10-15(14)19(23(20,21)22)18(13(5)6)17(16)12(3)4;;/h7-13H,1-6H3,(H,20,21,22);;. The normalized spacial score (nSPS) is 12.2. The van der Waals surface area contributed by atoms with E-state index in [0.717, 1.165) is 16.5 Å². The molecule has 0 radical (unpaired) electrons. The summed E-state index contributed by atoms with van der Waals surface area (Å²) in [5.74, 6) is 0.451. The van der Waals surface area contributed by atoms with Gasteiger partial charge in [-0.1, -0.05) is 65.8 Å². The van der Waals surface area contributed by atoms with Gasteiger partial charge in [0.2, 0.25) is 0 Å². The first-order valence-electron chi connectivity index (χ1n) is 8.13. The maximum absolute atomic E-state index is 12.2. The van der Waals surface area contributed by atoms with Crippen LogP contribution in [0.4, 0.5) is 0 Å². The molecule has 24 heavy (non-hydrogen) atoms. The fourth-order valence-corrected chi connectivity index (χ4v) is 4.65. The summed E-state index contributed by atoms with van der Waals surface area (Å²) in [7, 11) is -4.30. The molecule has 0 fully saturated rings. The molecule has 2 rings (SSSR count). The third-order valence-electron chi connectivity index (χ3n) is 4.28. The molecule has 3 nitrogen and oxygen atoms in total. The van der Waals surface area contributed by atoms with Gasteiger partial charge in [0.1, 0.15) is 4.90 Å². The van der Waals surface area contributed by atoms with Gasteiger partial charge < -0.3 is 0 Å². The zero-order chi connectivity index (χ0) is 17.5. The molecular formula is C19H27NaO3S. The summed E-state index contributed by atoms with van der Waals surface area (Å²) < 4.78 is 34.3. The van der Waals surface area contributed by atoms with E-state index in [1.54, 1.807) is 6.07 Å². The van der Waals surface area contributed by atoms with Crippen molar-refractivity contribution in [3.8, 4) is 0 Å². The second kappa shape index (κ2) is 7.88. The van der Waals surface area contributed by atoms with Crippen molar-refractivity contribution in [3.63, 3.8) is 0 Å². The summed E-state index contributed by atoms with van der Waals surface area (Å²) in [4.78, 5) is 0.0798. The van der Waals surface area contributed by atoms with E-state index in [1.165, 1.54) is 5.56 Å². The van der Waals surface area contributed by atoms with Gasteiger partial charge in [-0.25, -0.2) is 0 Å². The van der Waals surface area contributed by atoms with E-state index in [-0.39, 0.29) is 52.2 Å². The minimum atomic E-state index is -4.30. The Hall–Kier alpha value is -0.390. The minimum absolute atomic E-state index is 0. The molecule has 2 aromatic carbocycles. The van der Waals surface area contributed by atoms with Crippen molar-refractivity contribution in [1.82, 2.24) is 0 Å². The molecule has 0 aliphatic heterocycles. The summed E-state index contributed by atoms with van der Waals surface area (Å²) in [5, 5.41) is 1.54. The number of fused-ring (bicyclic) bond motifs is 1. The zero-order valence-electron chi connectivity index (χ0n) is 14.7. The summed E-state index contributed by atoms with van der Waals surface area (Å²) in [5.41, 5.74) is 3.00. The van der Waals surface area contributed by atoms with E-state index < -0.39 is 10.1 Å². The molecular weight excluding hydrogens is 331 g/mol. The van der Waals surface area contributed by atoms with E-state index in [9.17, 15) is 13.0 Å². The Balaban J connectivity index is 0.00000288. The zero-order valence-corrected chi connectivity index (χ0v) is 15.5. The van der Waals surface area contributed by atoms with Gasteiger partial charge in [0, 0.05) is 5.39 Å². The molecule has 0 saturated heterocycles. The second-order valence-electron chi connectivity index (χ2n) is 7.05. The average molecular weight is 358 g/mol. The van der Waals surface area contributed by atoms with Crippen LogP contribution >= 0.6 is 0 Å². The van der Waals surface area contributed by atoms with Gasteiger partial charge in [0.05, 0.1) is 0 Å². The van der Waals surface area contributed by atoms with Crippen LogP contribution in [0, 0.1) is 0 Å². The van der Waals surface area contributed by atoms with Crippen LogP contribution in [0.15, 0.2) is 29.2 Å². The van der Waals surface area contributed by atoms with Crippen molar-refractivity contribution in [2.45, 2.75) is 64.2 Å². The average Bonchev–Trinajstić information content (AvgIpc) is 2.42. The molecule has 2 aromatic rings. The molecule has 5 heteroatoms. The van der Waals surface area contributed by atoms with Gasteiger partial charge in [-0.3, -0.25) is 4.55 Å².